The van der Waals surface area contributed by atoms with Gasteiger partial charge in [0.2, 0.25) is 0 Å². The molecule has 0 amide bonds. The van der Waals surface area contributed by atoms with E-state index >= 15 is 0 Å². The predicted octanol–water partition coefficient (Wildman–Crippen LogP) is 4.62. The summed E-state index contributed by atoms with van der Waals surface area (Å²) in [5.74, 6) is 2.60. The molecule has 27 heavy (non-hydrogen) atoms. The van der Waals surface area contributed by atoms with Crippen LogP contribution in [0.15, 0.2) is 73.6 Å². The summed E-state index contributed by atoms with van der Waals surface area (Å²) >= 11 is 0. The van der Waals surface area contributed by atoms with Gasteiger partial charge in [0.15, 0.2) is 0 Å². The predicted molar refractivity (Wildman–Crippen MR) is 110 cm³/mol. The van der Waals surface area contributed by atoms with Crippen molar-refractivity contribution in [3.05, 3.63) is 85.0 Å². The smallest absolute Gasteiger partial charge is 0.147 e. The molecule has 4 aromatic rings. The van der Waals surface area contributed by atoms with E-state index < -0.39 is 0 Å². The molecule has 2 aromatic carbocycles. The van der Waals surface area contributed by atoms with Crippen LogP contribution >= 0.6 is 0 Å². The normalized spacial score (nSPS) is 10.9. The fourth-order valence-electron chi connectivity index (χ4n) is 3.39. The van der Waals surface area contributed by atoms with Crippen LogP contribution < -0.4 is 4.90 Å². The van der Waals surface area contributed by atoms with E-state index in [1.807, 2.05) is 56.4 Å². The van der Waals surface area contributed by atoms with Crippen LogP contribution in [0.5, 0.6) is 0 Å². The summed E-state index contributed by atoms with van der Waals surface area (Å²) in [4.78, 5) is 16.0. The molecule has 5 nitrogen and oxygen atoms in total. The van der Waals surface area contributed by atoms with E-state index in [1.54, 1.807) is 6.33 Å². The largest absolute Gasteiger partial charge is 0.329 e. The first-order chi connectivity index (χ1) is 13.2. The lowest BCUT2D eigenvalue weighted by Gasteiger charge is -2.22. The molecule has 0 N–H and O–H groups in total. The monoisotopic (exact) mass is 355 g/mol. The molecule has 5 heteroatoms. The first kappa shape index (κ1) is 17.0. The number of hydrogen-bond donors (Lipinski definition) is 0. The van der Waals surface area contributed by atoms with Crippen LogP contribution in [-0.2, 0) is 6.42 Å². The Kier molecular flexibility index (Phi) is 4.42. The van der Waals surface area contributed by atoms with Gasteiger partial charge in [-0.15, -0.1) is 6.58 Å². The van der Waals surface area contributed by atoms with E-state index in [2.05, 4.69) is 49.2 Å². The molecule has 0 bridgehead atoms. The highest BCUT2D eigenvalue weighted by Gasteiger charge is 2.19. The summed E-state index contributed by atoms with van der Waals surface area (Å²) in [6.07, 6.45) is 4.17. The minimum absolute atomic E-state index is 0.661. The fourth-order valence-corrected chi connectivity index (χ4v) is 3.39. The molecule has 0 aliphatic heterocycles. The van der Waals surface area contributed by atoms with Crippen molar-refractivity contribution < 1.29 is 0 Å². The maximum atomic E-state index is 4.69. The average molecular weight is 355 g/mol. The van der Waals surface area contributed by atoms with Gasteiger partial charge in [-0.2, -0.15) is 0 Å². The van der Waals surface area contributed by atoms with Gasteiger partial charge in [-0.25, -0.2) is 15.0 Å². The SMILES string of the molecule is C=CCc1c(N(C)c2ccccc2)ncnc1-n1c(C)nc2ccccc21. The van der Waals surface area contributed by atoms with Crippen LogP contribution in [0.4, 0.5) is 11.5 Å². The minimum Gasteiger partial charge on any atom is -0.329 e. The summed E-state index contributed by atoms with van der Waals surface area (Å²) in [5.41, 5.74) is 4.08. The van der Waals surface area contributed by atoms with Gasteiger partial charge in [-0.1, -0.05) is 36.4 Å². The maximum absolute atomic E-state index is 4.69. The number of aromatic nitrogens is 4. The van der Waals surface area contributed by atoms with Gasteiger partial charge in [-0.3, -0.25) is 4.57 Å². The Balaban J connectivity index is 1.94. The van der Waals surface area contributed by atoms with Crippen LogP contribution in [0.1, 0.15) is 11.4 Å². The fraction of sp³-hybridized carbons (Fsp3) is 0.136. The van der Waals surface area contributed by atoms with Gasteiger partial charge in [-0.05, 0) is 37.6 Å². The molecule has 0 atom stereocenters. The number of aryl methyl sites for hydroxylation is 1. The summed E-state index contributed by atoms with van der Waals surface area (Å²) in [6.45, 7) is 5.94. The molecule has 0 aliphatic carbocycles. The summed E-state index contributed by atoms with van der Waals surface area (Å²) in [5, 5.41) is 0. The van der Waals surface area contributed by atoms with Gasteiger partial charge >= 0.3 is 0 Å². The summed E-state index contributed by atoms with van der Waals surface area (Å²) in [7, 11) is 2.02. The minimum atomic E-state index is 0.661. The van der Waals surface area contributed by atoms with Crippen molar-refractivity contribution in [3.63, 3.8) is 0 Å². The number of fused-ring (bicyclic) bond motifs is 1. The van der Waals surface area contributed by atoms with E-state index in [0.29, 0.717) is 6.42 Å². The van der Waals surface area contributed by atoms with Crippen LogP contribution in [0.25, 0.3) is 16.9 Å². The molecule has 0 saturated heterocycles. The molecular weight excluding hydrogens is 334 g/mol. The first-order valence-electron chi connectivity index (χ1n) is 8.88. The van der Waals surface area contributed by atoms with Crippen molar-refractivity contribution in [2.75, 3.05) is 11.9 Å². The van der Waals surface area contributed by atoms with Gasteiger partial charge in [0, 0.05) is 18.3 Å². The number of benzene rings is 2. The lowest BCUT2D eigenvalue weighted by Crippen LogP contribution is -2.16. The zero-order valence-corrected chi connectivity index (χ0v) is 15.5. The maximum Gasteiger partial charge on any atom is 0.147 e. The Labute approximate surface area is 158 Å². The zero-order chi connectivity index (χ0) is 18.8. The molecule has 0 unspecified atom stereocenters. The van der Waals surface area contributed by atoms with Gasteiger partial charge in [0.1, 0.15) is 23.8 Å². The molecule has 134 valence electrons. The quantitative estimate of drug-likeness (QED) is 0.490. The number of allylic oxidation sites excluding steroid dienone is 1. The van der Waals surface area contributed by atoms with E-state index in [1.165, 1.54) is 0 Å². The third-order valence-corrected chi connectivity index (χ3v) is 4.65. The molecule has 0 spiro atoms. The highest BCUT2D eigenvalue weighted by molar-refractivity contribution is 5.79. The molecule has 0 fully saturated rings. The Bertz CT molecular complexity index is 1100. The molecular formula is C22H21N5. The van der Waals surface area contributed by atoms with Crippen molar-refractivity contribution in [2.45, 2.75) is 13.3 Å². The number of nitrogens with zero attached hydrogens (tertiary/aromatic N) is 5. The molecule has 2 heterocycles. The molecule has 0 radical (unpaired) electrons. The molecule has 4 rings (SSSR count). The van der Waals surface area contributed by atoms with Crippen LogP contribution in [-0.4, -0.2) is 26.6 Å². The lowest BCUT2D eigenvalue weighted by atomic mass is 10.1. The summed E-state index contributed by atoms with van der Waals surface area (Å²) in [6, 6.07) is 18.3. The molecule has 2 aromatic heterocycles. The second kappa shape index (κ2) is 7.03. The van der Waals surface area contributed by atoms with E-state index in [0.717, 1.165) is 39.7 Å². The van der Waals surface area contributed by atoms with Gasteiger partial charge in [0.25, 0.3) is 0 Å². The van der Waals surface area contributed by atoms with Crippen LogP contribution in [0.3, 0.4) is 0 Å². The topological polar surface area (TPSA) is 46.8 Å². The lowest BCUT2D eigenvalue weighted by molar-refractivity contribution is 0.907. The number of anilines is 2. The highest BCUT2D eigenvalue weighted by Crippen LogP contribution is 2.30. The zero-order valence-electron chi connectivity index (χ0n) is 15.5. The van der Waals surface area contributed by atoms with E-state index in [9.17, 15) is 0 Å². The first-order valence-corrected chi connectivity index (χ1v) is 8.88. The molecule has 0 aliphatic rings. The number of para-hydroxylation sites is 3. The Morgan fingerprint density at radius 1 is 1.04 bits per heavy atom. The van der Waals surface area contributed by atoms with Crippen molar-refractivity contribution >= 4 is 22.5 Å². The third-order valence-electron chi connectivity index (χ3n) is 4.65. The van der Waals surface area contributed by atoms with E-state index in [4.69, 9.17) is 0 Å². The number of hydrogen-bond acceptors (Lipinski definition) is 4. The molecule has 0 saturated carbocycles. The average Bonchev–Trinajstić information content (AvgIpc) is 3.04. The number of imidazole rings is 1. The standard InChI is InChI=1S/C22H21N5/c1-4-10-18-21(26(3)17-11-6-5-7-12-17)23-15-24-22(18)27-16(2)25-19-13-8-9-14-20(19)27/h4-9,11-15H,1,10H2,2-3H3. The van der Waals surface area contributed by atoms with E-state index in [-0.39, 0.29) is 0 Å². The van der Waals surface area contributed by atoms with Crippen molar-refractivity contribution in [3.8, 4) is 5.82 Å². The highest BCUT2D eigenvalue weighted by atomic mass is 15.2. The third kappa shape index (κ3) is 2.97. The Hall–Kier alpha value is -3.47. The van der Waals surface area contributed by atoms with Crippen molar-refractivity contribution in [1.82, 2.24) is 19.5 Å². The Morgan fingerprint density at radius 3 is 2.56 bits per heavy atom. The number of rotatable bonds is 5. The van der Waals surface area contributed by atoms with Crippen molar-refractivity contribution in [2.24, 2.45) is 0 Å². The van der Waals surface area contributed by atoms with Crippen LogP contribution in [0.2, 0.25) is 0 Å². The second-order valence-corrected chi connectivity index (χ2v) is 6.37. The Morgan fingerprint density at radius 2 is 1.78 bits per heavy atom. The van der Waals surface area contributed by atoms with Crippen molar-refractivity contribution in [1.29, 1.82) is 0 Å². The van der Waals surface area contributed by atoms with Gasteiger partial charge in [0.05, 0.1) is 11.0 Å². The van der Waals surface area contributed by atoms with Crippen LogP contribution in [0, 0.1) is 6.92 Å². The summed E-state index contributed by atoms with van der Waals surface area (Å²) < 4.78 is 2.10. The second-order valence-electron chi connectivity index (χ2n) is 6.37. The van der Waals surface area contributed by atoms with Gasteiger partial charge < -0.3 is 4.90 Å².